The average molecular weight is 346 g/mol. The fourth-order valence-corrected chi connectivity index (χ4v) is 3.09. The van der Waals surface area contributed by atoms with Crippen molar-refractivity contribution in [3.8, 4) is 11.6 Å². The van der Waals surface area contributed by atoms with Crippen molar-refractivity contribution in [1.82, 2.24) is 20.1 Å². The Morgan fingerprint density at radius 3 is 2.71 bits per heavy atom. The molecule has 8 heteroatoms. The molecule has 0 bridgehead atoms. The zero-order valence-electron chi connectivity index (χ0n) is 13.4. The molecule has 3 heterocycles. The molecule has 7 nitrogen and oxygen atoms in total. The van der Waals surface area contributed by atoms with Crippen LogP contribution in [0.1, 0.15) is 25.6 Å². The van der Waals surface area contributed by atoms with Crippen LogP contribution in [0.15, 0.2) is 50.8 Å². The normalized spacial score (nSPS) is 11.1. The Labute approximate surface area is 143 Å². The minimum absolute atomic E-state index is 0.0887. The molecule has 126 valence electrons. The molecule has 0 fully saturated rings. The molecule has 1 amide bonds. The molecule has 0 unspecified atom stereocenters. The summed E-state index contributed by atoms with van der Waals surface area (Å²) in [6, 6.07) is 7.40. The Morgan fingerprint density at radius 1 is 1.25 bits per heavy atom. The van der Waals surface area contributed by atoms with Crippen LogP contribution in [-0.4, -0.2) is 26.4 Å². The molecule has 0 atom stereocenters. The van der Waals surface area contributed by atoms with Crippen LogP contribution in [0.3, 0.4) is 0 Å². The summed E-state index contributed by atoms with van der Waals surface area (Å²) < 4.78 is 12.6. The van der Waals surface area contributed by atoms with Gasteiger partial charge in [0.05, 0.1) is 24.8 Å². The number of furan rings is 2. The summed E-state index contributed by atoms with van der Waals surface area (Å²) in [6.07, 6.45) is 3.18. The van der Waals surface area contributed by atoms with Crippen molar-refractivity contribution in [2.75, 3.05) is 5.75 Å². The van der Waals surface area contributed by atoms with Gasteiger partial charge in [-0.25, -0.2) is 0 Å². The molecule has 0 spiro atoms. The van der Waals surface area contributed by atoms with E-state index in [1.807, 2.05) is 36.6 Å². The molecule has 3 rings (SSSR count). The highest BCUT2D eigenvalue weighted by Crippen LogP contribution is 2.27. The van der Waals surface area contributed by atoms with Crippen molar-refractivity contribution in [3.63, 3.8) is 0 Å². The Bertz CT molecular complexity index is 778. The summed E-state index contributed by atoms with van der Waals surface area (Å²) in [7, 11) is 0. The molecule has 3 aromatic heterocycles. The number of amides is 1. The first kappa shape index (κ1) is 16.4. The van der Waals surface area contributed by atoms with Gasteiger partial charge in [-0.3, -0.25) is 9.36 Å². The van der Waals surface area contributed by atoms with Gasteiger partial charge in [-0.15, -0.1) is 10.2 Å². The van der Waals surface area contributed by atoms with E-state index in [9.17, 15) is 4.79 Å². The predicted molar refractivity (Wildman–Crippen MR) is 89.4 cm³/mol. The fourth-order valence-electron chi connectivity index (χ4n) is 2.19. The first-order valence-corrected chi connectivity index (χ1v) is 8.54. The number of rotatable bonds is 7. The van der Waals surface area contributed by atoms with E-state index in [4.69, 9.17) is 8.83 Å². The third-order valence-corrected chi connectivity index (χ3v) is 4.24. The standard InChI is InChI=1S/C16H18N4O3S/c1-11(2)20-15(13-6-4-8-23-13)18-19-16(20)24-10-14(21)17-9-12-5-3-7-22-12/h3-8,11H,9-10H2,1-2H3,(H,17,21). The third kappa shape index (κ3) is 3.70. The van der Waals surface area contributed by atoms with Gasteiger partial charge < -0.3 is 14.2 Å². The number of carbonyl (C=O) groups is 1. The second kappa shape index (κ2) is 7.39. The topological polar surface area (TPSA) is 86.1 Å². The van der Waals surface area contributed by atoms with E-state index in [-0.39, 0.29) is 17.7 Å². The number of hydrogen-bond acceptors (Lipinski definition) is 6. The second-order valence-electron chi connectivity index (χ2n) is 5.39. The van der Waals surface area contributed by atoms with Crippen molar-refractivity contribution < 1.29 is 13.6 Å². The number of aromatic nitrogens is 3. The zero-order chi connectivity index (χ0) is 16.9. The molecule has 0 aliphatic rings. The Kier molecular flexibility index (Phi) is 5.05. The summed E-state index contributed by atoms with van der Waals surface area (Å²) in [5.74, 6) is 2.20. The van der Waals surface area contributed by atoms with Gasteiger partial charge in [-0.2, -0.15) is 0 Å². The quantitative estimate of drug-likeness (QED) is 0.662. The lowest BCUT2D eigenvalue weighted by Crippen LogP contribution is -2.24. The van der Waals surface area contributed by atoms with Crippen molar-refractivity contribution in [1.29, 1.82) is 0 Å². The molecular formula is C16H18N4O3S. The minimum atomic E-state index is -0.0887. The van der Waals surface area contributed by atoms with E-state index in [1.54, 1.807) is 18.6 Å². The van der Waals surface area contributed by atoms with Gasteiger partial charge >= 0.3 is 0 Å². The Morgan fingerprint density at radius 2 is 2.04 bits per heavy atom. The van der Waals surface area contributed by atoms with Crippen LogP contribution < -0.4 is 5.32 Å². The number of hydrogen-bond donors (Lipinski definition) is 1. The molecule has 0 saturated carbocycles. The Balaban J connectivity index is 1.63. The highest BCUT2D eigenvalue weighted by molar-refractivity contribution is 7.99. The van der Waals surface area contributed by atoms with Gasteiger partial charge in [0.1, 0.15) is 5.76 Å². The second-order valence-corrected chi connectivity index (χ2v) is 6.33. The molecule has 24 heavy (non-hydrogen) atoms. The minimum Gasteiger partial charge on any atom is -0.467 e. The number of carbonyl (C=O) groups excluding carboxylic acids is 1. The van der Waals surface area contributed by atoms with E-state index < -0.39 is 0 Å². The van der Waals surface area contributed by atoms with Crippen molar-refractivity contribution in [2.45, 2.75) is 31.6 Å². The first-order chi connectivity index (χ1) is 11.6. The predicted octanol–water partition coefficient (Wildman–Crippen LogP) is 3.12. The number of nitrogens with one attached hydrogen (secondary N) is 1. The molecule has 3 aromatic rings. The molecule has 0 aliphatic heterocycles. The van der Waals surface area contributed by atoms with Crippen molar-refractivity contribution in [3.05, 3.63) is 42.6 Å². The van der Waals surface area contributed by atoms with Crippen LogP contribution in [0.4, 0.5) is 0 Å². The van der Waals surface area contributed by atoms with E-state index in [2.05, 4.69) is 15.5 Å². The molecule has 0 aliphatic carbocycles. The first-order valence-electron chi connectivity index (χ1n) is 7.56. The fraction of sp³-hybridized carbons (Fsp3) is 0.312. The summed E-state index contributed by atoms with van der Waals surface area (Å²) in [5, 5.41) is 11.9. The van der Waals surface area contributed by atoms with Gasteiger partial charge in [-0.1, -0.05) is 11.8 Å². The van der Waals surface area contributed by atoms with Crippen LogP contribution in [0.5, 0.6) is 0 Å². The monoisotopic (exact) mass is 346 g/mol. The number of thioether (sulfide) groups is 1. The smallest absolute Gasteiger partial charge is 0.230 e. The zero-order valence-corrected chi connectivity index (χ0v) is 14.2. The molecule has 0 saturated heterocycles. The molecule has 0 radical (unpaired) electrons. The van der Waals surface area contributed by atoms with E-state index in [1.165, 1.54) is 11.8 Å². The highest BCUT2D eigenvalue weighted by Gasteiger charge is 2.19. The third-order valence-electron chi connectivity index (χ3n) is 3.29. The van der Waals surface area contributed by atoms with Crippen LogP contribution in [0.25, 0.3) is 11.6 Å². The SMILES string of the molecule is CC(C)n1c(SCC(=O)NCc2ccco2)nnc1-c1ccco1. The van der Waals surface area contributed by atoms with Gasteiger partial charge in [0.25, 0.3) is 0 Å². The lowest BCUT2D eigenvalue weighted by atomic mass is 10.3. The van der Waals surface area contributed by atoms with Crippen molar-refractivity contribution in [2.24, 2.45) is 0 Å². The van der Waals surface area contributed by atoms with Gasteiger partial charge in [0.15, 0.2) is 10.9 Å². The van der Waals surface area contributed by atoms with E-state index in [0.29, 0.717) is 23.3 Å². The Hall–Kier alpha value is -2.48. The van der Waals surface area contributed by atoms with Crippen LogP contribution in [0.2, 0.25) is 0 Å². The molecule has 1 N–H and O–H groups in total. The molecule has 0 aromatic carbocycles. The largest absolute Gasteiger partial charge is 0.467 e. The summed E-state index contributed by atoms with van der Waals surface area (Å²) >= 11 is 1.34. The van der Waals surface area contributed by atoms with E-state index in [0.717, 1.165) is 5.76 Å². The van der Waals surface area contributed by atoms with Gasteiger partial charge in [-0.05, 0) is 38.1 Å². The highest BCUT2D eigenvalue weighted by atomic mass is 32.2. The average Bonchev–Trinajstić information content (AvgIpc) is 3.31. The number of nitrogens with zero attached hydrogens (tertiary/aromatic N) is 3. The maximum atomic E-state index is 12.0. The summed E-state index contributed by atoms with van der Waals surface area (Å²) in [6.45, 7) is 4.45. The van der Waals surface area contributed by atoms with Gasteiger partial charge in [0, 0.05) is 6.04 Å². The van der Waals surface area contributed by atoms with Crippen LogP contribution in [-0.2, 0) is 11.3 Å². The van der Waals surface area contributed by atoms with E-state index >= 15 is 0 Å². The van der Waals surface area contributed by atoms with Crippen LogP contribution in [0, 0.1) is 0 Å². The van der Waals surface area contributed by atoms with Crippen molar-refractivity contribution >= 4 is 17.7 Å². The van der Waals surface area contributed by atoms with Crippen LogP contribution >= 0.6 is 11.8 Å². The maximum absolute atomic E-state index is 12.0. The maximum Gasteiger partial charge on any atom is 0.230 e. The molecular weight excluding hydrogens is 328 g/mol. The lowest BCUT2D eigenvalue weighted by molar-refractivity contribution is -0.118. The summed E-state index contributed by atoms with van der Waals surface area (Å²) in [5.41, 5.74) is 0. The lowest BCUT2D eigenvalue weighted by Gasteiger charge is -2.12. The van der Waals surface area contributed by atoms with Gasteiger partial charge in [0.2, 0.25) is 11.7 Å². The summed E-state index contributed by atoms with van der Waals surface area (Å²) in [4.78, 5) is 12.0.